The molecule has 0 aliphatic carbocycles. The fourth-order valence-electron chi connectivity index (χ4n) is 3.38. The zero-order chi connectivity index (χ0) is 24.4. The number of aliphatic hydroxyl groups is 1. The topological polar surface area (TPSA) is 86.4 Å². The molecule has 1 unspecified atom stereocenters. The second-order valence-corrected chi connectivity index (χ2v) is 9.30. The Morgan fingerprint density at radius 3 is 2.33 bits per heavy atom. The molecule has 6 nitrogen and oxygen atoms in total. The Balaban J connectivity index is 0.000000243. The molecule has 0 bridgehead atoms. The predicted octanol–water partition coefficient (Wildman–Crippen LogP) is 4.70. The van der Waals surface area contributed by atoms with Crippen LogP contribution in [-0.2, 0) is 0 Å². The van der Waals surface area contributed by atoms with Gasteiger partial charge in [-0.3, -0.25) is 4.79 Å². The summed E-state index contributed by atoms with van der Waals surface area (Å²) in [6.07, 6.45) is 3.20. The van der Waals surface area contributed by atoms with E-state index in [0.29, 0.717) is 29.5 Å². The van der Waals surface area contributed by atoms with E-state index in [1.807, 2.05) is 32.2 Å². The lowest BCUT2D eigenvalue weighted by Gasteiger charge is -2.15. The number of aromatic nitrogens is 1. The van der Waals surface area contributed by atoms with E-state index >= 15 is 0 Å². The van der Waals surface area contributed by atoms with E-state index in [1.54, 1.807) is 7.11 Å². The zero-order valence-electron chi connectivity index (χ0n) is 20.8. The summed E-state index contributed by atoms with van der Waals surface area (Å²) in [5, 5.41) is 15.9. The number of rotatable bonds is 4. The standard InChI is InChI=1S/C17H15NO2.C5H11NO.C5H13N/c1-11-7-14-8-12(3-5-16(14)18-11)13-4-6-17(20-2)15(9-13)10-19;7-4-5-2-1-3-6-5;1-5(2,3)6-4/h3-10,18H,1-2H3;5-7H,1-4H2;6H,1-4H3. The Labute approximate surface area is 197 Å². The predicted molar refractivity (Wildman–Crippen MR) is 137 cm³/mol. The Kier molecular flexibility index (Phi) is 10.1. The molecule has 1 aromatic heterocycles. The highest BCUT2D eigenvalue weighted by atomic mass is 16.5. The molecule has 0 amide bonds. The molecule has 1 aliphatic heterocycles. The van der Waals surface area contributed by atoms with Gasteiger partial charge in [-0.05, 0) is 95.6 Å². The number of H-pyrrole nitrogens is 1. The van der Waals surface area contributed by atoms with E-state index in [0.717, 1.165) is 41.6 Å². The first kappa shape index (κ1) is 26.6. The number of methoxy groups -OCH3 is 1. The molecule has 1 aliphatic rings. The number of aryl methyl sites for hydroxylation is 1. The number of carbonyl (C=O) groups excluding carboxylic acids is 1. The van der Waals surface area contributed by atoms with Crippen molar-refractivity contribution in [1.82, 2.24) is 15.6 Å². The molecule has 0 spiro atoms. The fourth-order valence-corrected chi connectivity index (χ4v) is 3.38. The number of aldehydes is 1. The van der Waals surface area contributed by atoms with Gasteiger partial charge < -0.3 is 25.5 Å². The molecule has 0 saturated carbocycles. The number of fused-ring (bicyclic) bond motifs is 1. The lowest BCUT2D eigenvalue weighted by atomic mass is 10.0. The van der Waals surface area contributed by atoms with Crippen LogP contribution < -0.4 is 15.4 Å². The summed E-state index contributed by atoms with van der Waals surface area (Å²) in [5.41, 5.74) is 5.21. The van der Waals surface area contributed by atoms with E-state index in [1.165, 1.54) is 11.8 Å². The molecule has 2 aromatic carbocycles. The van der Waals surface area contributed by atoms with Gasteiger partial charge in [0, 0.05) is 28.2 Å². The number of carbonyl (C=O) groups is 1. The quantitative estimate of drug-likeness (QED) is 0.430. The normalized spacial score (nSPS) is 15.3. The van der Waals surface area contributed by atoms with Gasteiger partial charge in [-0.25, -0.2) is 0 Å². The average Bonchev–Trinajstić information content (AvgIpc) is 3.47. The summed E-state index contributed by atoms with van der Waals surface area (Å²) in [5.74, 6) is 0.599. The molecule has 6 heteroatoms. The lowest BCUT2D eigenvalue weighted by Crippen LogP contribution is -2.31. The molecule has 2 heterocycles. The van der Waals surface area contributed by atoms with Gasteiger partial charge in [-0.2, -0.15) is 0 Å². The summed E-state index contributed by atoms with van der Waals surface area (Å²) in [4.78, 5) is 14.4. The minimum absolute atomic E-state index is 0.292. The number of hydrogen-bond acceptors (Lipinski definition) is 5. The molecule has 3 aromatic rings. The van der Waals surface area contributed by atoms with Crippen molar-refractivity contribution >= 4 is 17.2 Å². The van der Waals surface area contributed by atoms with E-state index in [-0.39, 0.29) is 0 Å². The van der Waals surface area contributed by atoms with Crippen LogP contribution in [0.2, 0.25) is 0 Å². The summed E-state index contributed by atoms with van der Waals surface area (Å²) < 4.78 is 5.16. The molecule has 33 heavy (non-hydrogen) atoms. The molecule has 4 rings (SSSR count). The molecular weight excluding hydrogens is 414 g/mol. The van der Waals surface area contributed by atoms with Gasteiger partial charge in [0.25, 0.3) is 0 Å². The number of aliphatic hydroxyl groups excluding tert-OH is 1. The summed E-state index contributed by atoms with van der Waals surface area (Å²) in [6, 6.07) is 14.4. The van der Waals surface area contributed by atoms with Crippen LogP contribution in [0.3, 0.4) is 0 Å². The van der Waals surface area contributed by atoms with Crippen molar-refractivity contribution in [3.63, 3.8) is 0 Å². The first-order valence-corrected chi connectivity index (χ1v) is 11.5. The maximum absolute atomic E-state index is 11.1. The van der Waals surface area contributed by atoms with Crippen LogP contribution in [-0.4, -0.2) is 55.3 Å². The first-order chi connectivity index (χ1) is 15.7. The molecule has 1 atom stereocenters. The molecule has 0 radical (unpaired) electrons. The largest absolute Gasteiger partial charge is 0.496 e. The summed E-state index contributed by atoms with van der Waals surface area (Å²) in [7, 11) is 3.52. The third-order valence-corrected chi connectivity index (χ3v) is 5.58. The molecule has 1 saturated heterocycles. The average molecular weight is 454 g/mol. The number of ether oxygens (including phenoxy) is 1. The molecule has 180 valence electrons. The molecule has 4 N–H and O–H groups in total. The van der Waals surface area contributed by atoms with Crippen molar-refractivity contribution < 1.29 is 14.6 Å². The van der Waals surface area contributed by atoms with Crippen LogP contribution in [0.4, 0.5) is 0 Å². The van der Waals surface area contributed by atoms with Crippen molar-refractivity contribution in [1.29, 1.82) is 0 Å². The van der Waals surface area contributed by atoms with Crippen molar-refractivity contribution in [2.75, 3.05) is 27.3 Å². The van der Waals surface area contributed by atoms with E-state index in [4.69, 9.17) is 9.84 Å². The van der Waals surface area contributed by atoms with Gasteiger partial charge in [0.15, 0.2) is 6.29 Å². The van der Waals surface area contributed by atoms with Crippen molar-refractivity contribution in [2.24, 2.45) is 0 Å². The van der Waals surface area contributed by atoms with Crippen LogP contribution >= 0.6 is 0 Å². The maximum atomic E-state index is 11.1. The SMILES string of the molecule is CNC(C)(C)C.COc1ccc(-c2ccc3[nH]c(C)cc3c2)cc1C=O.OCC1CCCN1. The number of hydrogen-bond donors (Lipinski definition) is 4. The van der Waals surface area contributed by atoms with Crippen LogP contribution in [0.25, 0.3) is 22.0 Å². The number of nitrogens with one attached hydrogen (secondary N) is 3. The summed E-state index contributed by atoms with van der Waals surface area (Å²) >= 11 is 0. The highest BCUT2D eigenvalue weighted by Crippen LogP contribution is 2.28. The third kappa shape index (κ3) is 8.31. The van der Waals surface area contributed by atoms with Gasteiger partial charge in [-0.1, -0.05) is 12.1 Å². The minimum Gasteiger partial charge on any atom is -0.496 e. The van der Waals surface area contributed by atoms with Crippen molar-refractivity contribution in [3.8, 4) is 16.9 Å². The number of aromatic amines is 1. The third-order valence-electron chi connectivity index (χ3n) is 5.58. The molecule has 1 fully saturated rings. The van der Waals surface area contributed by atoms with Crippen LogP contribution in [0.1, 0.15) is 49.7 Å². The lowest BCUT2D eigenvalue weighted by molar-refractivity contribution is 0.112. The highest BCUT2D eigenvalue weighted by Gasteiger charge is 2.11. The van der Waals surface area contributed by atoms with Crippen molar-refractivity contribution in [2.45, 2.75) is 52.1 Å². The fraction of sp³-hybridized carbons (Fsp3) is 0.444. The Bertz CT molecular complexity index is 1020. The first-order valence-electron chi connectivity index (χ1n) is 11.5. The second kappa shape index (κ2) is 12.5. The molecular formula is C27H39N3O3. The highest BCUT2D eigenvalue weighted by molar-refractivity contribution is 5.88. The Morgan fingerprint density at radius 1 is 1.15 bits per heavy atom. The van der Waals surface area contributed by atoms with Gasteiger partial charge in [0.05, 0.1) is 19.3 Å². The Hall–Kier alpha value is -2.67. The maximum Gasteiger partial charge on any atom is 0.153 e. The van der Waals surface area contributed by atoms with Gasteiger partial charge >= 0.3 is 0 Å². The van der Waals surface area contributed by atoms with Gasteiger partial charge in [0.2, 0.25) is 0 Å². The zero-order valence-corrected chi connectivity index (χ0v) is 20.8. The van der Waals surface area contributed by atoms with Crippen LogP contribution in [0, 0.1) is 6.92 Å². The monoisotopic (exact) mass is 453 g/mol. The van der Waals surface area contributed by atoms with Gasteiger partial charge in [0.1, 0.15) is 5.75 Å². The van der Waals surface area contributed by atoms with Gasteiger partial charge in [-0.15, -0.1) is 0 Å². The minimum atomic E-state index is 0.292. The number of benzene rings is 2. The Morgan fingerprint density at radius 2 is 1.82 bits per heavy atom. The smallest absolute Gasteiger partial charge is 0.153 e. The van der Waals surface area contributed by atoms with E-state index in [9.17, 15) is 4.79 Å². The van der Waals surface area contributed by atoms with Crippen LogP contribution in [0.15, 0.2) is 42.5 Å². The van der Waals surface area contributed by atoms with Crippen molar-refractivity contribution in [3.05, 3.63) is 53.7 Å². The van der Waals surface area contributed by atoms with E-state index < -0.39 is 0 Å². The second-order valence-electron chi connectivity index (χ2n) is 9.30. The summed E-state index contributed by atoms with van der Waals surface area (Å²) in [6.45, 7) is 9.83. The van der Waals surface area contributed by atoms with Crippen LogP contribution in [0.5, 0.6) is 5.75 Å². The van der Waals surface area contributed by atoms with E-state index in [2.05, 4.69) is 60.7 Å².